The molecule has 1 heterocycles. The van der Waals surface area contributed by atoms with Gasteiger partial charge in [-0.3, -0.25) is 4.79 Å². The lowest BCUT2D eigenvalue weighted by Gasteiger charge is -2.09. The summed E-state index contributed by atoms with van der Waals surface area (Å²) < 4.78 is 5.18. The van der Waals surface area contributed by atoms with Gasteiger partial charge in [-0.05, 0) is 31.7 Å². The zero-order chi connectivity index (χ0) is 9.80. The predicted octanol–water partition coefficient (Wildman–Crippen LogP) is 1.47. The Bertz CT molecular complexity index is 195. The van der Waals surface area contributed by atoms with Crippen LogP contribution in [0, 0.1) is 5.92 Å². The number of hydrogen-bond acceptors (Lipinski definition) is 3. The number of carbonyl (C=O) groups is 1. The van der Waals surface area contributed by atoms with Crippen molar-refractivity contribution in [3.05, 3.63) is 0 Å². The first kappa shape index (κ1) is 9.97. The maximum absolute atomic E-state index is 11.3. The van der Waals surface area contributed by atoms with Crippen LogP contribution in [0.1, 0.15) is 38.5 Å². The molecule has 1 aliphatic carbocycles. The van der Waals surface area contributed by atoms with Crippen LogP contribution >= 0.6 is 0 Å². The topological polar surface area (TPSA) is 38.3 Å². The number of hydrogen-bond donors (Lipinski definition) is 1. The normalized spacial score (nSPS) is 26.4. The summed E-state index contributed by atoms with van der Waals surface area (Å²) in [5.74, 6) is 0.831. The lowest BCUT2D eigenvalue weighted by molar-refractivity contribution is -0.144. The maximum atomic E-state index is 11.3. The molecule has 0 aromatic carbocycles. The van der Waals surface area contributed by atoms with E-state index in [-0.39, 0.29) is 5.97 Å². The van der Waals surface area contributed by atoms with E-state index in [0.717, 1.165) is 25.3 Å². The van der Waals surface area contributed by atoms with Crippen molar-refractivity contribution in [1.29, 1.82) is 0 Å². The fraction of sp³-hybridized carbons (Fsp3) is 0.909. The fourth-order valence-corrected chi connectivity index (χ4v) is 1.94. The summed E-state index contributed by atoms with van der Waals surface area (Å²) in [6, 6.07) is 0.378. The lowest BCUT2D eigenvalue weighted by atomic mass is 10.2. The van der Waals surface area contributed by atoms with Crippen LogP contribution in [0.25, 0.3) is 0 Å². The smallest absolute Gasteiger partial charge is 0.307 e. The number of ether oxygens (including phenoxy) is 1. The van der Waals surface area contributed by atoms with Crippen LogP contribution in [0.5, 0.6) is 0 Å². The largest absolute Gasteiger partial charge is 0.466 e. The van der Waals surface area contributed by atoms with E-state index in [4.69, 9.17) is 4.74 Å². The molecule has 2 aliphatic rings. The van der Waals surface area contributed by atoms with E-state index >= 15 is 0 Å². The van der Waals surface area contributed by atoms with Crippen LogP contribution in [0.3, 0.4) is 0 Å². The molecule has 3 nitrogen and oxygen atoms in total. The number of carbonyl (C=O) groups excluding carboxylic acids is 1. The van der Waals surface area contributed by atoms with Gasteiger partial charge in [0.25, 0.3) is 0 Å². The second kappa shape index (κ2) is 4.78. The van der Waals surface area contributed by atoms with Gasteiger partial charge < -0.3 is 10.1 Å². The highest BCUT2D eigenvalue weighted by Gasteiger charge is 2.22. The summed E-state index contributed by atoms with van der Waals surface area (Å²) in [5, 5.41) is 3.30. The molecule has 0 aromatic heterocycles. The van der Waals surface area contributed by atoms with Crippen LogP contribution in [0.2, 0.25) is 0 Å². The Hall–Kier alpha value is -0.570. The van der Waals surface area contributed by atoms with Crippen molar-refractivity contribution in [2.75, 3.05) is 13.2 Å². The third-order valence-corrected chi connectivity index (χ3v) is 3.06. The molecule has 0 amide bonds. The van der Waals surface area contributed by atoms with Crippen molar-refractivity contribution in [3.63, 3.8) is 0 Å². The average Bonchev–Trinajstić information content (AvgIpc) is 2.83. The van der Waals surface area contributed by atoms with E-state index in [9.17, 15) is 4.79 Å². The van der Waals surface area contributed by atoms with Crippen LogP contribution in [0.15, 0.2) is 0 Å². The van der Waals surface area contributed by atoms with Crippen LogP contribution in [-0.4, -0.2) is 25.2 Å². The summed E-state index contributed by atoms with van der Waals surface area (Å²) in [6.45, 7) is 1.69. The van der Waals surface area contributed by atoms with Crippen LogP contribution < -0.4 is 5.32 Å². The monoisotopic (exact) mass is 197 g/mol. The second-order valence-corrected chi connectivity index (χ2v) is 4.45. The summed E-state index contributed by atoms with van der Waals surface area (Å²) in [6.07, 6.45) is 6.62. The number of esters is 1. The predicted molar refractivity (Wildman–Crippen MR) is 53.9 cm³/mol. The molecule has 80 valence electrons. The molecular weight excluding hydrogens is 178 g/mol. The van der Waals surface area contributed by atoms with Gasteiger partial charge in [0.15, 0.2) is 0 Å². The molecule has 0 bridgehead atoms. The molecule has 0 radical (unpaired) electrons. The van der Waals surface area contributed by atoms with Crippen molar-refractivity contribution in [1.82, 2.24) is 5.32 Å². The maximum Gasteiger partial charge on any atom is 0.307 e. The highest BCUT2D eigenvalue weighted by atomic mass is 16.5. The zero-order valence-corrected chi connectivity index (χ0v) is 8.63. The first-order valence-electron chi connectivity index (χ1n) is 5.73. The third kappa shape index (κ3) is 3.29. The van der Waals surface area contributed by atoms with Crippen molar-refractivity contribution >= 4 is 5.97 Å². The van der Waals surface area contributed by atoms with Crippen LogP contribution in [0.4, 0.5) is 0 Å². The molecular formula is C11H19NO2. The van der Waals surface area contributed by atoms with Gasteiger partial charge in [-0.25, -0.2) is 0 Å². The molecule has 1 N–H and O–H groups in total. The van der Waals surface area contributed by atoms with Gasteiger partial charge in [-0.15, -0.1) is 0 Å². The Morgan fingerprint density at radius 2 is 2.21 bits per heavy atom. The van der Waals surface area contributed by atoms with E-state index in [1.165, 1.54) is 19.3 Å². The molecule has 1 atom stereocenters. The van der Waals surface area contributed by atoms with Gasteiger partial charge in [0.2, 0.25) is 0 Å². The minimum atomic E-state index is -0.0231. The molecule has 0 aromatic rings. The quantitative estimate of drug-likeness (QED) is 0.678. The Balaban J connectivity index is 1.53. The minimum Gasteiger partial charge on any atom is -0.466 e. The highest BCUT2D eigenvalue weighted by Crippen LogP contribution is 2.32. The minimum absolute atomic E-state index is 0.0231. The molecule has 1 saturated carbocycles. The first-order valence-corrected chi connectivity index (χ1v) is 5.73. The van der Waals surface area contributed by atoms with Gasteiger partial charge >= 0.3 is 5.97 Å². The standard InChI is InChI=1S/C11H19NO2/c13-11(8-10-2-1-6-12-10)14-7-5-9-3-4-9/h9-10,12H,1-8H2. The van der Waals surface area contributed by atoms with Gasteiger partial charge in [-0.1, -0.05) is 12.8 Å². The van der Waals surface area contributed by atoms with Crippen molar-refractivity contribution in [2.45, 2.75) is 44.6 Å². The zero-order valence-electron chi connectivity index (χ0n) is 8.63. The van der Waals surface area contributed by atoms with E-state index in [0.29, 0.717) is 19.1 Å². The molecule has 2 rings (SSSR count). The lowest BCUT2D eigenvalue weighted by Crippen LogP contribution is -2.25. The van der Waals surface area contributed by atoms with Crippen LogP contribution in [-0.2, 0) is 9.53 Å². The molecule has 3 heteroatoms. The van der Waals surface area contributed by atoms with E-state index in [2.05, 4.69) is 5.32 Å². The second-order valence-electron chi connectivity index (χ2n) is 4.45. The highest BCUT2D eigenvalue weighted by molar-refractivity contribution is 5.70. The Morgan fingerprint density at radius 3 is 2.86 bits per heavy atom. The van der Waals surface area contributed by atoms with Gasteiger partial charge in [-0.2, -0.15) is 0 Å². The summed E-state index contributed by atoms with van der Waals surface area (Å²) in [4.78, 5) is 11.3. The number of rotatable bonds is 5. The average molecular weight is 197 g/mol. The molecule has 1 saturated heterocycles. The van der Waals surface area contributed by atoms with Crippen molar-refractivity contribution < 1.29 is 9.53 Å². The summed E-state index contributed by atoms with van der Waals surface area (Å²) in [5.41, 5.74) is 0. The molecule has 2 fully saturated rings. The fourth-order valence-electron chi connectivity index (χ4n) is 1.94. The molecule has 1 aliphatic heterocycles. The summed E-state index contributed by atoms with van der Waals surface area (Å²) >= 11 is 0. The SMILES string of the molecule is O=C(CC1CCCN1)OCCC1CC1. The van der Waals surface area contributed by atoms with Gasteiger partial charge in [0, 0.05) is 6.04 Å². The number of nitrogens with one attached hydrogen (secondary N) is 1. The first-order chi connectivity index (χ1) is 6.84. The van der Waals surface area contributed by atoms with Crippen molar-refractivity contribution in [2.24, 2.45) is 5.92 Å². The van der Waals surface area contributed by atoms with E-state index in [1.807, 2.05) is 0 Å². The Labute approximate surface area is 85.2 Å². The summed E-state index contributed by atoms with van der Waals surface area (Å²) in [7, 11) is 0. The van der Waals surface area contributed by atoms with Gasteiger partial charge in [0.05, 0.1) is 13.0 Å². The third-order valence-electron chi connectivity index (χ3n) is 3.06. The molecule has 14 heavy (non-hydrogen) atoms. The molecule has 1 unspecified atom stereocenters. The van der Waals surface area contributed by atoms with E-state index in [1.54, 1.807) is 0 Å². The Kier molecular flexibility index (Phi) is 3.40. The van der Waals surface area contributed by atoms with Gasteiger partial charge in [0.1, 0.15) is 0 Å². The van der Waals surface area contributed by atoms with E-state index < -0.39 is 0 Å². The molecule has 0 spiro atoms. The van der Waals surface area contributed by atoms with Crippen molar-refractivity contribution in [3.8, 4) is 0 Å². The Morgan fingerprint density at radius 1 is 1.36 bits per heavy atom.